The Morgan fingerprint density at radius 3 is 2.94 bits per heavy atom. The van der Waals surface area contributed by atoms with Crippen LogP contribution in [0.1, 0.15) is 36.0 Å². The molecule has 1 heterocycles. The fraction of sp³-hybridized carbons (Fsp3) is 0.500. The average molecular weight is 240 g/mol. The van der Waals surface area contributed by atoms with E-state index in [4.69, 9.17) is 15.5 Å². The number of oxime groups is 1. The Balaban J connectivity index is 2.59. The summed E-state index contributed by atoms with van der Waals surface area (Å²) < 4.78 is 4.83. The second-order valence-electron chi connectivity index (χ2n) is 3.71. The quantitative estimate of drug-likeness (QED) is 0.302. The van der Waals surface area contributed by atoms with Gasteiger partial charge in [-0.05, 0) is 13.3 Å². The topological polar surface area (TPSA) is 114 Å². The summed E-state index contributed by atoms with van der Waals surface area (Å²) in [6, 6.07) is 1.34. The maximum absolute atomic E-state index is 11.7. The summed E-state index contributed by atoms with van der Waals surface area (Å²) >= 11 is 0. The van der Waals surface area contributed by atoms with Crippen LogP contribution in [0.25, 0.3) is 0 Å². The lowest BCUT2D eigenvalue weighted by Crippen LogP contribution is -2.37. The van der Waals surface area contributed by atoms with E-state index in [-0.39, 0.29) is 30.0 Å². The third-order valence-corrected chi connectivity index (χ3v) is 2.26. The molecule has 0 fully saturated rings. The van der Waals surface area contributed by atoms with Crippen LogP contribution in [-0.4, -0.2) is 28.1 Å². The summed E-state index contributed by atoms with van der Waals surface area (Å²) in [5.74, 6) is -0.130. The highest BCUT2D eigenvalue weighted by molar-refractivity contribution is 5.92. The number of aryl methyl sites for hydroxylation is 1. The second-order valence-corrected chi connectivity index (χ2v) is 3.71. The summed E-state index contributed by atoms with van der Waals surface area (Å²) in [4.78, 5) is 11.7. The molecule has 0 aliphatic carbocycles. The molecule has 0 spiro atoms. The number of hydrogen-bond acceptors (Lipinski definition) is 5. The van der Waals surface area contributed by atoms with Crippen molar-refractivity contribution in [3.8, 4) is 0 Å². The average Bonchev–Trinajstić information content (AvgIpc) is 2.74. The van der Waals surface area contributed by atoms with Gasteiger partial charge in [-0.3, -0.25) is 4.79 Å². The van der Waals surface area contributed by atoms with Crippen LogP contribution in [-0.2, 0) is 0 Å². The summed E-state index contributed by atoms with van der Waals surface area (Å²) in [6.07, 6.45) is 0.945. The largest absolute Gasteiger partial charge is 0.409 e. The van der Waals surface area contributed by atoms with E-state index in [0.717, 1.165) is 0 Å². The number of rotatable bonds is 5. The van der Waals surface area contributed by atoms with Crippen molar-refractivity contribution in [2.45, 2.75) is 32.7 Å². The van der Waals surface area contributed by atoms with Gasteiger partial charge in [-0.2, -0.15) is 0 Å². The summed E-state index contributed by atoms with van der Waals surface area (Å²) in [5, 5.41) is 17.7. The van der Waals surface area contributed by atoms with Crippen LogP contribution in [0, 0.1) is 6.92 Å². The molecule has 0 aliphatic rings. The minimum atomic E-state index is -0.358. The Morgan fingerprint density at radius 1 is 1.76 bits per heavy atom. The zero-order chi connectivity index (χ0) is 12.8. The van der Waals surface area contributed by atoms with Gasteiger partial charge in [0.1, 0.15) is 5.84 Å². The molecule has 0 saturated heterocycles. The first-order valence-corrected chi connectivity index (χ1v) is 5.27. The van der Waals surface area contributed by atoms with Crippen LogP contribution in [0.5, 0.6) is 0 Å². The molecule has 1 aromatic rings. The summed E-state index contributed by atoms with van der Waals surface area (Å²) in [6.45, 7) is 3.62. The van der Waals surface area contributed by atoms with Gasteiger partial charge in [-0.25, -0.2) is 0 Å². The van der Waals surface area contributed by atoms with Crippen LogP contribution in [0.2, 0.25) is 0 Å². The van der Waals surface area contributed by atoms with E-state index in [1.165, 1.54) is 0 Å². The molecule has 0 bridgehead atoms. The minimum absolute atomic E-state index is 0.0749. The fourth-order valence-electron chi connectivity index (χ4n) is 1.32. The third-order valence-electron chi connectivity index (χ3n) is 2.26. The number of amidine groups is 1. The molecule has 1 aromatic heterocycles. The fourth-order valence-corrected chi connectivity index (χ4v) is 1.32. The molecule has 1 atom stereocenters. The Hall–Kier alpha value is -2.05. The number of amides is 1. The van der Waals surface area contributed by atoms with Crippen molar-refractivity contribution in [1.29, 1.82) is 0 Å². The standard InChI is InChI=1S/C10H16N4O3/c1-3-7(5-9(11)13-16)12-10(15)8-4-6(2)14-17-8/h4,7,16H,3,5H2,1-2H3,(H2,11,13)(H,12,15). The smallest absolute Gasteiger partial charge is 0.290 e. The normalized spacial score (nSPS) is 13.4. The highest BCUT2D eigenvalue weighted by atomic mass is 16.5. The molecule has 0 aromatic carbocycles. The zero-order valence-electron chi connectivity index (χ0n) is 9.80. The molecule has 94 valence electrons. The number of aromatic nitrogens is 1. The number of carbonyl (C=O) groups is 1. The van der Waals surface area contributed by atoms with E-state index in [9.17, 15) is 4.79 Å². The Labute approximate surface area is 98.6 Å². The molecule has 1 unspecified atom stereocenters. The lowest BCUT2D eigenvalue weighted by atomic mass is 10.1. The van der Waals surface area contributed by atoms with Gasteiger partial charge in [0.25, 0.3) is 5.91 Å². The number of carbonyl (C=O) groups excluding carboxylic acids is 1. The maximum Gasteiger partial charge on any atom is 0.290 e. The van der Waals surface area contributed by atoms with Gasteiger partial charge in [-0.15, -0.1) is 0 Å². The molecule has 7 heteroatoms. The second kappa shape index (κ2) is 5.88. The van der Waals surface area contributed by atoms with Crippen LogP contribution < -0.4 is 11.1 Å². The molecule has 0 saturated carbocycles. The predicted molar refractivity (Wildman–Crippen MR) is 60.8 cm³/mol. The predicted octanol–water partition coefficient (Wildman–Crippen LogP) is 0.628. The summed E-state index contributed by atoms with van der Waals surface area (Å²) in [5.41, 5.74) is 6.02. The van der Waals surface area contributed by atoms with Crippen molar-refractivity contribution in [2.24, 2.45) is 10.9 Å². The summed E-state index contributed by atoms with van der Waals surface area (Å²) in [7, 11) is 0. The van der Waals surface area contributed by atoms with Crippen LogP contribution in [0.4, 0.5) is 0 Å². The monoisotopic (exact) mass is 240 g/mol. The molecule has 1 amide bonds. The van der Waals surface area contributed by atoms with Gasteiger partial charge in [0, 0.05) is 18.5 Å². The molecule has 4 N–H and O–H groups in total. The molecule has 0 radical (unpaired) electrons. The van der Waals surface area contributed by atoms with Crippen molar-refractivity contribution in [3.05, 3.63) is 17.5 Å². The van der Waals surface area contributed by atoms with Gasteiger partial charge in [0.05, 0.1) is 5.69 Å². The van der Waals surface area contributed by atoms with E-state index < -0.39 is 0 Å². The van der Waals surface area contributed by atoms with Gasteiger partial charge in [-0.1, -0.05) is 17.2 Å². The molecule has 17 heavy (non-hydrogen) atoms. The SMILES string of the molecule is CCC(CC(N)=NO)NC(=O)c1cc(C)no1. The lowest BCUT2D eigenvalue weighted by molar-refractivity contribution is 0.0899. The Kier molecular flexibility index (Phi) is 4.50. The van der Waals surface area contributed by atoms with Crippen molar-refractivity contribution in [3.63, 3.8) is 0 Å². The number of nitrogens with zero attached hydrogens (tertiary/aromatic N) is 2. The minimum Gasteiger partial charge on any atom is -0.409 e. The molecule has 0 aliphatic heterocycles. The van der Waals surface area contributed by atoms with E-state index >= 15 is 0 Å². The van der Waals surface area contributed by atoms with Crippen LogP contribution in [0.3, 0.4) is 0 Å². The van der Waals surface area contributed by atoms with E-state index in [1.807, 2.05) is 6.92 Å². The van der Waals surface area contributed by atoms with Gasteiger partial charge in [0.2, 0.25) is 5.76 Å². The molecular formula is C10H16N4O3. The first-order chi connectivity index (χ1) is 8.06. The van der Waals surface area contributed by atoms with E-state index in [0.29, 0.717) is 12.1 Å². The molecule has 7 nitrogen and oxygen atoms in total. The highest BCUT2D eigenvalue weighted by Gasteiger charge is 2.16. The van der Waals surface area contributed by atoms with Gasteiger partial charge < -0.3 is 20.8 Å². The van der Waals surface area contributed by atoms with Crippen molar-refractivity contribution < 1.29 is 14.5 Å². The van der Waals surface area contributed by atoms with E-state index in [2.05, 4.69) is 15.6 Å². The molecular weight excluding hydrogens is 224 g/mol. The Morgan fingerprint density at radius 2 is 2.47 bits per heavy atom. The third kappa shape index (κ3) is 3.78. The van der Waals surface area contributed by atoms with Crippen LogP contribution in [0.15, 0.2) is 15.7 Å². The number of nitrogens with two attached hydrogens (primary N) is 1. The van der Waals surface area contributed by atoms with Gasteiger partial charge >= 0.3 is 0 Å². The van der Waals surface area contributed by atoms with Crippen molar-refractivity contribution >= 4 is 11.7 Å². The first-order valence-electron chi connectivity index (χ1n) is 5.27. The first kappa shape index (κ1) is 13.0. The van der Waals surface area contributed by atoms with E-state index in [1.54, 1.807) is 13.0 Å². The molecule has 1 rings (SSSR count). The van der Waals surface area contributed by atoms with Crippen molar-refractivity contribution in [1.82, 2.24) is 10.5 Å². The highest BCUT2D eigenvalue weighted by Crippen LogP contribution is 2.04. The zero-order valence-corrected chi connectivity index (χ0v) is 9.80. The van der Waals surface area contributed by atoms with Crippen molar-refractivity contribution in [2.75, 3.05) is 0 Å². The number of hydrogen-bond donors (Lipinski definition) is 3. The van der Waals surface area contributed by atoms with Crippen LogP contribution >= 0.6 is 0 Å². The Bertz CT molecular complexity index is 413. The lowest BCUT2D eigenvalue weighted by Gasteiger charge is -2.14. The van der Waals surface area contributed by atoms with Gasteiger partial charge in [0.15, 0.2) is 0 Å². The maximum atomic E-state index is 11.7. The number of nitrogens with one attached hydrogen (secondary N) is 1.